The number of amides is 1. The summed E-state index contributed by atoms with van der Waals surface area (Å²) in [6.45, 7) is 8.68. The SMILES string of the molecule is C[C@@H](C1CCN(C(=O)c2ccc(N)nc2)CC1)N1CCN(C)CC1. The number of hydrogen-bond acceptors (Lipinski definition) is 5. The molecule has 0 aromatic carbocycles. The average molecular weight is 331 g/mol. The molecule has 2 aliphatic heterocycles. The molecule has 0 aliphatic carbocycles. The van der Waals surface area contributed by atoms with Crippen LogP contribution >= 0.6 is 0 Å². The maximum absolute atomic E-state index is 12.6. The number of carbonyl (C=O) groups excluding carboxylic acids is 1. The highest BCUT2D eigenvalue weighted by atomic mass is 16.2. The number of nitrogens with zero attached hydrogens (tertiary/aromatic N) is 4. The molecular formula is C18H29N5O. The van der Waals surface area contributed by atoms with E-state index in [4.69, 9.17) is 5.73 Å². The second kappa shape index (κ2) is 7.49. The topological polar surface area (TPSA) is 65.7 Å². The highest BCUT2D eigenvalue weighted by Crippen LogP contribution is 2.25. The standard InChI is InChI=1S/C18H29N5O/c1-14(22-11-9-21(2)10-12-22)15-5-7-23(8-6-15)18(24)16-3-4-17(19)20-13-16/h3-4,13-15H,5-12H2,1-2H3,(H2,19,20)/t14-/m0/s1. The summed E-state index contributed by atoms with van der Waals surface area (Å²) in [7, 11) is 2.19. The number of anilines is 1. The number of piperazine rings is 1. The first-order chi connectivity index (χ1) is 11.5. The zero-order chi connectivity index (χ0) is 17.1. The Morgan fingerprint density at radius 2 is 1.83 bits per heavy atom. The molecule has 3 rings (SSSR count). The highest BCUT2D eigenvalue weighted by molar-refractivity contribution is 5.94. The first kappa shape index (κ1) is 17.2. The molecule has 6 heteroatoms. The fraction of sp³-hybridized carbons (Fsp3) is 0.667. The third kappa shape index (κ3) is 3.87. The van der Waals surface area contributed by atoms with Gasteiger partial charge >= 0.3 is 0 Å². The molecule has 0 bridgehead atoms. The Kier molecular flexibility index (Phi) is 5.36. The number of aromatic nitrogens is 1. The summed E-state index contributed by atoms with van der Waals surface area (Å²) in [5.41, 5.74) is 6.23. The largest absolute Gasteiger partial charge is 0.384 e. The number of nitrogens with two attached hydrogens (primary N) is 1. The number of hydrogen-bond donors (Lipinski definition) is 1. The van der Waals surface area contributed by atoms with E-state index >= 15 is 0 Å². The molecule has 1 aromatic rings. The number of rotatable bonds is 3. The summed E-state index contributed by atoms with van der Waals surface area (Å²) in [6.07, 6.45) is 3.75. The summed E-state index contributed by atoms with van der Waals surface area (Å²) in [5, 5.41) is 0. The summed E-state index contributed by atoms with van der Waals surface area (Å²) in [6, 6.07) is 4.06. The molecule has 2 fully saturated rings. The molecule has 6 nitrogen and oxygen atoms in total. The number of likely N-dealkylation sites (tertiary alicyclic amines) is 1. The zero-order valence-corrected chi connectivity index (χ0v) is 14.8. The fourth-order valence-electron chi connectivity index (χ4n) is 3.83. The Labute approximate surface area is 144 Å². The van der Waals surface area contributed by atoms with Gasteiger partial charge in [0.2, 0.25) is 0 Å². The Morgan fingerprint density at radius 1 is 1.17 bits per heavy atom. The van der Waals surface area contributed by atoms with Gasteiger partial charge in [0.15, 0.2) is 0 Å². The van der Waals surface area contributed by atoms with Crippen molar-refractivity contribution in [3.63, 3.8) is 0 Å². The third-order valence-electron chi connectivity index (χ3n) is 5.66. The van der Waals surface area contributed by atoms with Crippen LogP contribution in [0.1, 0.15) is 30.1 Å². The van der Waals surface area contributed by atoms with Gasteiger partial charge in [-0.3, -0.25) is 9.69 Å². The van der Waals surface area contributed by atoms with E-state index in [0.717, 1.165) is 52.1 Å². The minimum absolute atomic E-state index is 0.0770. The van der Waals surface area contributed by atoms with Gasteiger partial charge in [-0.1, -0.05) is 0 Å². The molecule has 1 atom stereocenters. The highest BCUT2D eigenvalue weighted by Gasteiger charge is 2.30. The Bertz CT molecular complexity index is 545. The van der Waals surface area contributed by atoms with Crippen molar-refractivity contribution in [2.45, 2.75) is 25.8 Å². The average Bonchev–Trinajstić information content (AvgIpc) is 2.62. The van der Waals surface area contributed by atoms with Gasteiger partial charge in [-0.05, 0) is 44.9 Å². The van der Waals surface area contributed by atoms with Crippen LogP contribution in [0.3, 0.4) is 0 Å². The minimum atomic E-state index is 0.0770. The monoisotopic (exact) mass is 331 g/mol. The van der Waals surface area contributed by atoms with Crippen molar-refractivity contribution in [3.8, 4) is 0 Å². The van der Waals surface area contributed by atoms with E-state index in [1.54, 1.807) is 18.3 Å². The number of pyridine rings is 1. The van der Waals surface area contributed by atoms with Crippen molar-refractivity contribution >= 4 is 11.7 Å². The predicted octanol–water partition coefficient (Wildman–Crippen LogP) is 1.15. The maximum atomic E-state index is 12.6. The Balaban J connectivity index is 1.51. The molecule has 2 N–H and O–H groups in total. The lowest BCUT2D eigenvalue weighted by molar-refractivity contribution is 0.0500. The van der Waals surface area contributed by atoms with Crippen LogP contribution in [-0.2, 0) is 0 Å². The van der Waals surface area contributed by atoms with E-state index in [1.807, 2.05) is 4.90 Å². The van der Waals surface area contributed by atoms with Crippen molar-refractivity contribution in [1.29, 1.82) is 0 Å². The molecule has 0 saturated carbocycles. The summed E-state index contributed by atoms with van der Waals surface area (Å²) in [4.78, 5) is 23.5. The van der Waals surface area contributed by atoms with Gasteiger partial charge in [-0.25, -0.2) is 4.98 Å². The van der Waals surface area contributed by atoms with Crippen molar-refractivity contribution in [3.05, 3.63) is 23.9 Å². The normalized spacial score (nSPS) is 22.5. The molecular weight excluding hydrogens is 302 g/mol. The van der Waals surface area contributed by atoms with Crippen molar-refractivity contribution < 1.29 is 4.79 Å². The quantitative estimate of drug-likeness (QED) is 0.900. The molecule has 3 heterocycles. The predicted molar refractivity (Wildman–Crippen MR) is 95.8 cm³/mol. The number of likely N-dealkylation sites (N-methyl/N-ethyl adjacent to an activating group) is 1. The number of nitrogen functional groups attached to an aromatic ring is 1. The van der Waals surface area contributed by atoms with E-state index in [1.165, 1.54) is 0 Å². The van der Waals surface area contributed by atoms with Gasteiger partial charge < -0.3 is 15.5 Å². The van der Waals surface area contributed by atoms with Crippen molar-refractivity contribution in [2.24, 2.45) is 5.92 Å². The molecule has 0 radical (unpaired) electrons. The molecule has 0 unspecified atom stereocenters. The molecule has 2 saturated heterocycles. The van der Waals surface area contributed by atoms with Crippen LogP contribution in [0.2, 0.25) is 0 Å². The van der Waals surface area contributed by atoms with Crippen molar-refractivity contribution in [1.82, 2.24) is 19.7 Å². The lowest BCUT2D eigenvalue weighted by Crippen LogP contribution is -2.52. The fourth-order valence-corrected chi connectivity index (χ4v) is 3.83. The van der Waals surface area contributed by atoms with Gasteiger partial charge in [0.1, 0.15) is 5.82 Å². The van der Waals surface area contributed by atoms with Gasteiger partial charge in [0.05, 0.1) is 5.56 Å². The molecule has 1 amide bonds. The van der Waals surface area contributed by atoms with Crippen LogP contribution in [0.25, 0.3) is 0 Å². The summed E-state index contributed by atoms with van der Waals surface area (Å²) < 4.78 is 0. The second-order valence-electron chi connectivity index (χ2n) is 7.18. The van der Waals surface area contributed by atoms with Gasteiger partial charge in [0, 0.05) is 51.5 Å². The molecule has 132 valence electrons. The Hall–Kier alpha value is -1.66. The van der Waals surface area contributed by atoms with Crippen molar-refractivity contribution in [2.75, 3.05) is 52.0 Å². The maximum Gasteiger partial charge on any atom is 0.255 e. The summed E-state index contributed by atoms with van der Waals surface area (Å²) in [5.74, 6) is 1.21. The van der Waals surface area contributed by atoms with Crippen LogP contribution in [0.15, 0.2) is 18.3 Å². The van der Waals surface area contributed by atoms with Gasteiger partial charge in [0.25, 0.3) is 5.91 Å². The summed E-state index contributed by atoms with van der Waals surface area (Å²) >= 11 is 0. The first-order valence-electron chi connectivity index (χ1n) is 8.98. The van der Waals surface area contributed by atoms with E-state index in [-0.39, 0.29) is 5.91 Å². The van der Waals surface area contributed by atoms with Crippen LogP contribution in [-0.4, -0.2) is 77.9 Å². The van der Waals surface area contributed by atoms with Gasteiger partial charge in [-0.15, -0.1) is 0 Å². The van der Waals surface area contributed by atoms with Crippen LogP contribution in [0.5, 0.6) is 0 Å². The lowest BCUT2D eigenvalue weighted by atomic mass is 9.89. The first-order valence-corrected chi connectivity index (χ1v) is 8.98. The van der Waals surface area contributed by atoms with E-state index in [2.05, 4.69) is 28.8 Å². The third-order valence-corrected chi connectivity index (χ3v) is 5.66. The number of piperidine rings is 1. The molecule has 24 heavy (non-hydrogen) atoms. The second-order valence-corrected chi connectivity index (χ2v) is 7.18. The number of carbonyl (C=O) groups is 1. The molecule has 2 aliphatic rings. The van der Waals surface area contributed by atoms with E-state index < -0.39 is 0 Å². The van der Waals surface area contributed by atoms with Gasteiger partial charge in [-0.2, -0.15) is 0 Å². The molecule has 0 spiro atoms. The van der Waals surface area contributed by atoms with Crippen LogP contribution in [0.4, 0.5) is 5.82 Å². The van der Waals surface area contributed by atoms with Crippen LogP contribution < -0.4 is 5.73 Å². The zero-order valence-electron chi connectivity index (χ0n) is 14.8. The Morgan fingerprint density at radius 3 is 2.42 bits per heavy atom. The smallest absolute Gasteiger partial charge is 0.255 e. The minimum Gasteiger partial charge on any atom is -0.384 e. The molecule has 1 aromatic heterocycles. The van der Waals surface area contributed by atoms with E-state index in [0.29, 0.717) is 23.3 Å². The van der Waals surface area contributed by atoms with E-state index in [9.17, 15) is 4.79 Å². The lowest BCUT2D eigenvalue weighted by Gasteiger charge is -2.42. The van der Waals surface area contributed by atoms with Crippen LogP contribution in [0, 0.1) is 5.92 Å².